The van der Waals surface area contributed by atoms with Gasteiger partial charge in [0.2, 0.25) is 5.91 Å². The highest BCUT2D eigenvalue weighted by molar-refractivity contribution is 8.00. The Bertz CT molecular complexity index is 521. The summed E-state index contributed by atoms with van der Waals surface area (Å²) in [4.78, 5) is 22.3. The number of rotatable bonds is 16. The summed E-state index contributed by atoms with van der Waals surface area (Å²) in [5.41, 5.74) is 5.83. The van der Waals surface area contributed by atoms with E-state index >= 15 is 0 Å². The van der Waals surface area contributed by atoms with Crippen molar-refractivity contribution < 1.29 is 19.8 Å². The summed E-state index contributed by atoms with van der Waals surface area (Å²) in [6.45, 7) is 3.78. The number of hydrogen-bond acceptors (Lipinski definition) is 5. The fourth-order valence-electron chi connectivity index (χ4n) is 2.26. The van der Waals surface area contributed by atoms with Gasteiger partial charge in [-0.1, -0.05) is 76.0 Å². The molecule has 28 heavy (non-hydrogen) atoms. The molecule has 7 heteroatoms. The summed E-state index contributed by atoms with van der Waals surface area (Å²) in [7, 11) is 0. The van der Waals surface area contributed by atoms with Gasteiger partial charge < -0.3 is 21.3 Å². The predicted octanol–water partition coefficient (Wildman–Crippen LogP) is 3.03. The van der Waals surface area contributed by atoms with E-state index in [2.05, 4.69) is 25.2 Å². The second-order valence-corrected chi connectivity index (χ2v) is 7.78. The van der Waals surface area contributed by atoms with Crippen LogP contribution in [0.15, 0.2) is 36.5 Å². The molecule has 0 aromatic heterocycles. The van der Waals surface area contributed by atoms with Gasteiger partial charge in [-0.15, -0.1) is 11.8 Å². The average Bonchev–Trinajstić information content (AvgIpc) is 2.68. The van der Waals surface area contributed by atoms with E-state index in [0.717, 1.165) is 19.3 Å². The molecule has 0 rings (SSSR count). The molecule has 0 aromatic carbocycles. The molecule has 0 saturated carbocycles. The van der Waals surface area contributed by atoms with Gasteiger partial charge in [0.25, 0.3) is 0 Å². The molecule has 0 saturated heterocycles. The first-order valence-corrected chi connectivity index (χ1v) is 11.0. The van der Waals surface area contributed by atoms with Crippen LogP contribution in [0.2, 0.25) is 0 Å². The second-order valence-electron chi connectivity index (χ2n) is 6.57. The van der Waals surface area contributed by atoms with Gasteiger partial charge in [0.05, 0.1) is 12.1 Å². The normalized spacial score (nSPS) is 15.3. The number of allylic oxidation sites excluding steroid dienone is 5. The number of aliphatic hydroxyl groups is 1. The van der Waals surface area contributed by atoms with Crippen molar-refractivity contribution in [2.75, 3.05) is 12.3 Å². The summed E-state index contributed by atoms with van der Waals surface area (Å²) in [6.07, 6.45) is 17.3. The van der Waals surface area contributed by atoms with Crippen LogP contribution in [0.5, 0.6) is 0 Å². The van der Waals surface area contributed by atoms with Crippen LogP contribution in [0.3, 0.4) is 0 Å². The Kier molecular flexibility index (Phi) is 16.5. The van der Waals surface area contributed by atoms with Crippen LogP contribution in [0, 0.1) is 0 Å². The maximum atomic E-state index is 11.8. The van der Waals surface area contributed by atoms with Crippen molar-refractivity contribution in [1.29, 1.82) is 0 Å². The number of hydrogen-bond donors (Lipinski definition) is 4. The maximum absolute atomic E-state index is 11.8. The first-order chi connectivity index (χ1) is 13.4. The first kappa shape index (κ1) is 26.4. The molecule has 0 fully saturated rings. The van der Waals surface area contributed by atoms with Crippen LogP contribution in [0.25, 0.3) is 0 Å². The van der Waals surface area contributed by atoms with Crippen LogP contribution in [0.1, 0.15) is 52.4 Å². The summed E-state index contributed by atoms with van der Waals surface area (Å²) in [6, 6.07) is -0.823. The largest absolute Gasteiger partial charge is 0.480 e. The molecular formula is C21H36N2O4S. The van der Waals surface area contributed by atoms with Crippen molar-refractivity contribution in [2.24, 2.45) is 5.73 Å². The van der Waals surface area contributed by atoms with Gasteiger partial charge in [-0.2, -0.15) is 0 Å². The quantitative estimate of drug-likeness (QED) is 0.229. The number of aliphatic hydroxyl groups excluding tert-OH is 1. The number of carboxylic acids is 1. The third-order valence-corrected chi connectivity index (χ3v) is 5.35. The van der Waals surface area contributed by atoms with Crippen LogP contribution in [-0.2, 0) is 9.59 Å². The summed E-state index contributed by atoms with van der Waals surface area (Å²) >= 11 is 1.40. The van der Waals surface area contributed by atoms with E-state index in [4.69, 9.17) is 10.8 Å². The minimum atomic E-state index is -1.11. The molecular weight excluding hydrogens is 376 g/mol. The summed E-state index contributed by atoms with van der Waals surface area (Å²) < 4.78 is 0. The molecule has 0 aromatic rings. The monoisotopic (exact) mass is 412 g/mol. The standard InChI is InChI=1S/C21H36N2O4S/c1-3-5-7-8-9-10-11-12-14-19(18(24)13-6-4-2)28-16-17(22)21(27)23-15-20(25)26/h8-12,14,17-19,24H,3-7,13,15-16,22H2,1-2H3,(H,23,27)(H,25,26)/t17?,18-,19+/m0/s1. The molecule has 1 amide bonds. The number of nitrogens with one attached hydrogen (secondary N) is 1. The number of carbonyl (C=O) groups excluding carboxylic acids is 1. The molecule has 0 heterocycles. The van der Waals surface area contributed by atoms with Gasteiger partial charge in [0.15, 0.2) is 0 Å². The summed E-state index contributed by atoms with van der Waals surface area (Å²) in [5.74, 6) is -1.32. The van der Waals surface area contributed by atoms with Crippen molar-refractivity contribution in [3.05, 3.63) is 36.5 Å². The SMILES string of the molecule is CCCCC=CC=CC=C[C@@H](SCC(N)C(=O)NCC(=O)O)[C@@H](O)CCCC. The fourth-order valence-corrected chi connectivity index (χ4v) is 3.40. The van der Waals surface area contributed by atoms with Crippen LogP contribution >= 0.6 is 11.8 Å². The number of carbonyl (C=O) groups is 2. The molecule has 0 aliphatic heterocycles. The Labute approximate surface area is 173 Å². The lowest BCUT2D eigenvalue weighted by atomic mass is 10.1. The number of aliphatic carboxylic acids is 1. The van der Waals surface area contributed by atoms with Crippen molar-refractivity contribution in [1.82, 2.24) is 5.32 Å². The lowest BCUT2D eigenvalue weighted by Gasteiger charge is -2.21. The van der Waals surface area contributed by atoms with Crippen molar-refractivity contribution in [3.8, 4) is 0 Å². The van der Waals surface area contributed by atoms with E-state index in [1.807, 2.05) is 30.4 Å². The van der Waals surface area contributed by atoms with E-state index in [-0.39, 0.29) is 5.25 Å². The minimum absolute atomic E-state index is 0.182. The van der Waals surface area contributed by atoms with Gasteiger partial charge in [-0.05, 0) is 12.8 Å². The van der Waals surface area contributed by atoms with E-state index < -0.39 is 30.6 Å². The molecule has 160 valence electrons. The van der Waals surface area contributed by atoms with Crippen LogP contribution in [-0.4, -0.2) is 51.8 Å². The Hall–Kier alpha value is -1.57. The molecule has 5 N–H and O–H groups in total. The molecule has 0 spiro atoms. The van der Waals surface area contributed by atoms with E-state index in [9.17, 15) is 14.7 Å². The van der Waals surface area contributed by atoms with Crippen molar-refractivity contribution in [2.45, 2.75) is 69.8 Å². The lowest BCUT2D eigenvalue weighted by molar-refractivity contribution is -0.138. The number of unbranched alkanes of at least 4 members (excludes halogenated alkanes) is 3. The minimum Gasteiger partial charge on any atom is -0.480 e. The smallest absolute Gasteiger partial charge is 0.322 e. The molecule has 0 aliphatic carbocycles. The average molecular weight is 413 g/mol. The van der Waals surface area contributed by atoms with E-state index in [1.165, 1.54) is 24.6 Å². The number of thioether (sulfide) groups is 1. The Morgan fingerprint density at radius 1 is 1.11 bits per heavy atom. The topological polar surface area (TPSA) is 113 Å². The lowest BCUT2D eigenvalue weighted by Crippen LogP contribution is -2.44. The highest BCUT2D eigenvalue weighted by Crippen LogP contribution is 2.21. The van der Waals surface area contributed by atoms with Gasteiger partial charge in [0, 0.05) is 11.0 Å². The van der Waals surface area contributed by atoms with Crippen molar-refractivity contribution >= 4 is 23.6 Å². The van der Waals surface area contributed by atoms with Crippen LogP contribution < -0.4 is 11.1 Å². The molecule has 1 unspecified atom stereocenters. The highest BCUT2D eigenvalue weighted by atomic mass is 32.2. The van der Waals surface area contributed by atoms with E-state index in [1.54, 1.807) is 0 Å². The molecule has 6 nitrogen and oxygen atoms in total. The fraction of sp³-hybridized carbons (Fsp3) is 0.619. The zero-order valence-corrected chi connectivity index (χ0v) is 17.9. The number of carboxylic acid groups (broad SMARTS) is 1. The number of amides is 1. The third-order valence-electron chi connectivity index (χ3n) is 3.95. The Balaban J connectivity index is 4.64. The second kappa shape index (κ2) is 17.5. The Morgan fingerprint density at radius 2 is 1.79 bits per heavy atom. The molecule has 0 bridgehead atoms. The molecule has 3 atom stereocenters. The highest BCUT2D eigenvalue weighted by Gasteiger charge is 2.20. The van der Waals surface area contributed by atoms with Crippen molar-refractivity contribution in [3.63, 3.8) is 0 Å². The molecule has 0 radical (unpaired) electrons. The zero-order valence-electron chi connectivity index (χ0n) is 17.0. The maximum Gasteiger partial charge on any atom is 0.322 e. The number of nitrogens with two attached hydrogens (primary N) is 1. The van der Waals surface area contributed by atoms with Gasteiger partial charge >= 0.3 is 5.97 Å². The zero-order chi connectivity index (χ0) is 21.2. The third kappa shape index (κ3) is 14.5. The first-order valence-electron chi connectivity index (χ1n) is 9.97. The van der Waals surface area contributed by atoms with Gasteiger partial charge in [-0.25, -0.2) is 0 Å². The van der Waals surface area contributed by atoms with Crippen LogP contribution in [0.4, 0.5) is 0 Å². The molecule has 0 aliphatic rings. The van der Waals surface area contributed by atoms with Gasteiger partial charge in [-0.3, -0.25) is 9.59 Å². The predicted molar refractivity (Wildman–Crippen MR) is 117 cm³/mol. The van der Waals surface area contributed by atoms with E-state index in [0.29, 0.717) is 12.2 Å². The Morgan fingerprint density at radius 3 is 2.43 bits per heavy atom. The summed E-state index contributed by atoms with van der Waals surface area (Å²) in [5, 5.41) is 21.1. The van der Waals surface area contributed by atoms with Gasteiger partial charge in [0.1, 0.15) is 6.54 Å².